The highest BCUT2D eigenvalue weighted by atomic mass is 16.5. The van der Waals surface area contributed by atoms with Crippen LogP contribution in [-0.4, -0.2) is 25.2 Å². The molecule has 0 aliphatic rings. The molecule has 2 atom stereocenters. The molecule has 0 heterocycles. The number of ether oxygens (including phenoxy) is 2. The lowest BCUT2D eigenvalue weighted by atomic mass is 9.77. The summed E-state index contributed by atoms with van der Waals surface area (Å²) in [6, 6.07) is 0. The first-order valence-electron chi connectivity index (χ1n) is 11.5. The van der Waals surface area contributed by atoms with Crippen molar-refractivity contribution in [3.05, 3.63) is 0 Å². The second-order valence-corrected chi connectivity index (χ2v) is 9.10. The fraction of sp³-hybridized carbons (Fsp3) is 0.917. The van der Waals surface area contributed by atoms with E-state index in [-0.39, 0.29) is 23.8 Å². The van der Waals surface area contributed by atoms with Gasteiger partial charge in [-0.2, -0.15) is 0 Å². The summed E-state index contributed by atoms with van der Waals surface area (Å²) in [6.45, 7) is 17.5. The zero-order chi connectivity index (χ0) is 21.7. The van der Waals surface area contributed by atoms with E-state index in [4.69, 9.17) is 9.47 Å². The van der Waals surface area contributed by atoms with Gasteiger partial charge in [0.15, 0.2) is 0 Å². The Morgan fingerprint density at radius 1 is 0.607 bits per heavy atom. The molecule has 0 rings (SSSR count). The Balaban J connectivity index is 5.65. The summed E-state index contributed by atoms with van der Waals surface area (Å²) in [5, 5.41) is 0. The maximum absolute atomic E-state index is 13.0. The molecule has 0 bridgehead atoms. The Kier molecular flexibility index (Phi) is 14.3. The zero-order valence-corrected chi connectivity index (χ0v) is 19.8. The van der Waals surface area contributed by atoms with Crippen molar-refractivity contribution in [3.8, 4) is 0 Å². The Morgan fingerprint density at radius 2 is 0.893 bits per heavy atom. The van der Waals surface area contributed by atoms with E-state index in [1.54, 1.807) is 0 Å². The molecular weight excluding hydrogens is 352 g/mol. The summed E-state index contributed by atoms with van der Waals surface area (Å²) < 4.78 is 11.2. The monoisotopic (exact) mass is 398 g/mol. The molecule has 0 spiro atoms. The van der Waals surface area contributed by atoms with Gasteiger partial charge in [-0.1, -0.05) is 81.1 Å². The average Bonchev–Trinajstić information content (AvgIpc) is 2.66. The fourth-order valence-corrected chi connectivity index (χ4v) is 3.52. The molecule has 0 aliphatic heterocycles. The van der Waals surface area contributed by atoms with Crippen LogP contribution in [0.4, 0.5) is 0 Å². The Hall–Kier alpha value is -1.06. The third kappa shape index (κ3) is 10.5. The highest BCUT2D eigenvalue weighted by molar-refractivity contribution is 5.82. The van der Waals surface area contributed by atoms with Crippen molar-refractivity contribution in [2.45, 2.75) is 93.9 Å². The standard InChI is InChI=1S/C24H46O4/c1-9-19(10-2)13-21(23(25)27-15-17(5)6)22(14-20(11-3)12-4)24(26)28-16-18(7)8/h17-22H,9-16H2,1-8H3. The van der Waals surface area contributed by atoms with E-state index < -0.39 is 11.8 Å². The van der Waals surface area contributed by atoms with Crippen LogP contribution in [0, 0.1) is 35.5 Å². The Bertz CT molecular complexity index is 382. The molecule has 4 heteroatoms. The van der Waals surface area contributed by atoms with Crippen molar-refractivity contribution in [2.24, 2.45) is 35.5 Å². The predicted molar refractivity (Wildman–Crippen MR) is 116 cm³/mol. The first-order chi connectivity index (χ1) is 13.2. The molecule has 28 heavy (non-hydrogen) atoms. The number of hydrogen-bond acceptors (Lipinski definition) is 4. The molecule has 0 aromatic carbocycles. The fourth-order valence-electron chi connectivity index (χ4n) is 3.52. The van der Waals surface area contributed by atoms with Gasteiger partial charge in [0.25, 0.3) is 0 Å². The molecule has 166 valence electrons. The summed E-state index contributed by atoms with van der Waals surface area (Å²) >= 11 is 0. The predicted octanol–water partition coefficient (Wildman–Crippen LogP) is 6.27. The minimum atomic E-state index is -0.413. The highest BCUT2D eigenvalue weighted by Gasteiger charge is 2.38. The van der Waals surface area contributed by atoms with Gasteiger partial charge in [0.2, 0.25) is 0 Å². The van der Waals surface area contributed by atoms with E-state index in [1.165, 1.54) is 0 Å². The van der Waals surface area contributed by atoms with Crippen LogP contribution in [0.15, 0.2) is 0 Å². The van der Waals surface area contributed by atoms with Crippen molar-refractivity contribution in [1.82, 2.24) is 0 Å². The average molecular weight is 399 g/mol. The highest BCUT2D eigenvalue weighted by Crippen LogP contribution is 2.33. The van der Waals surface area contributed by atoms with Crippen LogP contribution in [0.2, 0.25) is 0 Å². The largest absolute Gasteiger partial charge is 0.465 e. The van der Waals surface area contributed by atoms with Gasteiger partial charge in [-0.25, -0.2) is 0 Å². The topological polar surface area (TPSA) is 52.6 Å². The molecule has 0 fully saturated rings. The van der Waals surface area contributed by atoms with Crippen LogP contribution in [0.5, 0.6) is 0 Å². The SMILES string of the molecule is CCC(CC)CC(C(=O)OCC(C)C)C(CC(CC)CC)C(=O)OCC(C)C. The zero-order valence-electron chi connectivity index (χ0n) is 19.8. The molecule has 0 aromatic rings. The van der Waals surface area contributed by atoms with E-state index in [1.807, 2.05) is 27.7 Å². The smallest absolute Gasteiger partial charge is 0.309 e. The van der Waals surface area contributed by atoms with Crippen molar-refractivity contribution < 1.29 is 19.1 Å². The van der Waals surface area contributed by atoms with Gasteiger partial charge >= 0.3 is 11.9 Å². The third-order valence-electron chi connectivity index (χ3n) is 5.69. The first-order valence-corrected chi connectivity index (χ1v) is 11.5. The molecule has 0 aromatic heterocycles. The lowest BCUT2D eigenvalue weighted by Crippen LogP contribution is -2.36. The maximum atomic E-state index is 13.0. The Labute approximate surface area is 174 Å². The molecule has 0 saturated heterocycles. The van der Waals surface area contributed by atoms with Gasteiger partial charge in [0, 0.05) is 0 Å². The van der Waals surface area contributed by atoms with Crippen molar-refractivity contribution >= 4 is 11.9 Å². The van der Waals surface area contributed by atoms with E-state index >= 15 is 0 Å². The van der Waals surface area contributed by atoms with Gasteiger partial charge in [-0.3, -0.25) is 9.59 Å². The summed E-state index contributed by atoms with van der Waals surface area (Å²) in [5.41, 5.74) is 0. The van der Waals surface area contributed by atoms with Crippen molar-refractivity contribution in [2.75, 3.05) is 13.2 Å². The molecular formula is C24H46O4. The molecule has 0 amide bonds. The number of rotatable bonds is 15. The van der Waals surface area contributed by atoms with Crippen LogP contribution >= 0.6 is 0 Å². The van der Waals surface area contributed by atoms with E-state index in [2.05, 4.69) is 27.7 Å². The summed E-state index contributed by atoms with van der Waals surface area (Å²) in [6.07, 6.45) is 5.41. The maximum Gasteiger partial charge on any atom is 0.309 e. The lowest BCUT2D eigenvalue weighted by molar-refractivity contribution is -0.163. The van der Waals surface area contributed by atoms with E-state index in [9.17, 15) is 9.59 Å². The van der Waals surface area contributed by atoms with Gasteiger partial charge in [0.05, 0.1) is 25.0 Å². The molecule has 0 radical (unpaired) electrons. The van der Waals surface area contributed by atoms with Crippen LogP contribution in [0.3, 0.4) is 0 Å². The van der Waals surface area contributed by atoms with Gasteiger partial charge in [0.1, 0.15) is 0 Å². The second kappa shape index (κ2) is 14.9. The van der Waals surface area contributed by atoms with Gasteiger partial charge in [-0.05, 0) is 36.5 Å². The number of hydrogen-bond donors (Lipinski definition) is 0. The molecule has 0 saturated carbocycles. The van der Waals surface area contributed by atoms with Gasteiger partial charge in [-0.15, -0.1) is 0 Å². The molecule has 0 N–H and O–H groups in total. The molecule has 0 aliphatic carbocycles. The first kappa shape index (κ1) is 26.9. The van der Waals surface area contributed by atoms with Crippen LogP contribution < -0.4 is 0 Å². The van der Waals surface area contributed by atoms with E-state index in [0.29, 0.717) is 37.9 Å². The summed E-state index contributed by atoms with van der Waals surface area (Å²) in [5.74, 6) is 0.118. The third-order valence-corrected chi connectivity index (χ3v) is 5.69. The quantitative estimate of drug-likeness (QED) is 0.305. The molecule has 2 unspecified atom stereocenters. The second-order valence-electron chi connectivity index (χ2n) is 9.10. The Morgan fingerprint density at radius 3 is 1.11 bits per heavy atom. The lowest BCUT2D eigenvalue weighted by Gasteiger charge is -2.30. The number of carbonyl (C=O) groups is 2. The number of esters is 2. The minimum absolute atomic E-state index is 0.224. The number of carbonyl (C=O) groups excluding carboxylic acids is 2. The van der Waals surface area contributed by atoms with Crippen LogP contribution in [0.1, 0.15) is 93.9 Å². The van der Waals surface area contributed by atoms with Crippen LogP contribution in [-0.2, 0) is 19.1 Å². The van der Waals surface area contributed by atoms with Gasteiger partial charge < -0.3 is 9.47 Å². The van der Waals surface area contributed by atoms with Crippen LogP contribution in [0.25, 0.3) is 0 Å². The van der Waals surface area contributed by atoms with E-state index in [0.717, 1.165) is 25.7 Å². The minimum Gasteiger partial charge on any atom is -0.465 e. The normalized spacial score (nSPS) is 14.0. The van der Waals surface area contributed by atoms with Crippen molar-refractivity contribution in [1.29, 1.82) is 0 Å². The summed E-state index contributed by atoms with van der Waals surface area (Å²) in [4.78, 5) is 26.1. The molecule has 4 nitrogen and oxygen atoms in total. The van der Waals surface area contributed by atoms with Crippen molar-refractivity contribution in [3.63, 3.8) is 0 Å². The summed E-state index contributed by atoms with van der Waals surface area (Å²) in [7, 11) is 0.